The third-order valence-electron chi connectivity index (χ3n) is 2.26. The summed E-state index contributed by atoms with van der Waals surface area (Å²) in [6, 6.07) is 7.49. The van der Waals surface area contributed by atoms with E-state index in [1.54, 1.807) is 6.07 Å². The second-order valence-electron chi connectivity index (χ2n) is 3.40. The summed E-state index contributed by atoms with van der Waals surface area (Å²) in [6.07, 6.45) is 1.49. The van der Waals surface area contributed by atoms with Crippen LogP contribution in [-0.2, 0) is 6.54 Å². The van der Waals surface area contributed by atoms with Gasteiger partial charge in [-0.3, -0.25) is 0 Å². The predicted octanol–water partition coefficient (Wildman–Crippen LogP) is 1.51. The van der Waals surface area contributed by atoms with Crippen LogP contribution in [-0.4, -0.2) is 21.8 Å². The Morgan fingerprint density at radius 1 is 1.53 bits per heavy atom. The van der Waals surface area contributed by atoms with Gasteiger partial charge in [0.1, 0.15) is 12.4 Å². The number of para-hydroxylation sites is 1. The summed E-state index contributed by atoms with van der Waals surface area (Å²) < 4.78 is 1.52. The predicted molar refractivity (Wildman–Crippen MR) is 63.8 cm³/mol. The van der Waals surface area contributed by atoms with E-state index in [9.17, 15) is 0 Å². The van der Waals surface area contributed by atoms with Gasteiger partial charge in [-0.25, -0.2) is 9.67 Å². The molecule has 17 heavy (non-hydrogen) atoms. The molecule has 0 aliphatic carbocycles. The first-order valence-corrected chi connectivity index (χ1v) is 5.38. The zero-order valence-corrected chi connectivity index (χ0v) is 9.94. The number of aromatic nitrogens is 3. The molecule has 6 heteroatoms. The molecule has 0 atom stereocenters. The van der Waals surface area contributed by atoms with Gasteiger partial charge in [-0.1, -0.05) is 23.7 Å². The van der Waals surface area contributed by atoms with Crippen LogP contribution in [0.4, 0.5) is 0 Å². The minimum Gasteiger partial charge on any atom is -0.316 e. The number of nitrogens with one attached hydrogen (secondary N) is 1. The summed E-state index contributed by atoms with van der Waals surface area (Å²) in [4.78, 5) is 3.87. The van der Waals surface area contributed by atoms with Crippen molar-refractivity contribution >= 4 is 11.6 Å². The van der Waals surface area contributed by atoms with Gasteiger partial charge < -0.3 is 5.32 Å². The van der Waals surface area contributed by atoms with E-state index in [0.717, 1.165) is 11.3 Å². The Bertz CT molecular complexity index is 569. The molecule has 0 spiro atoms. The zero-order valence-electron chi connectivity index (χ0n) is 9.18. The van der Waals surface area contributed by atoms with E-state index in [4.69, 9.17) is 16.9 Å². The fraction of sp³-hybridized carbons (Fsp3) is 0.182. The number of halogens is 1. The summed E-state index contributed by atoms with van der Waals surface area (Å²) in [7, 11) is 1.85. The van der Waals surface area contributed by atoms with Crippen molar-refractivity contribution < 1.29 is 0 Å². The van der Waals surface area contributed by atoms with Crippen molar-refractivity contribution in [3.63, 3.8) is 0 Å². The molecule has 0 aliphatic rings. The molecule has 86 valence electrons. The molecule has 2 rings (SSSR count). The SMILES string of the molecule is CNCc1cccc(Cl)c1-n1cnc(C#N)n1. The molecule has 0 bridgehead atoms. The average molecular weight is 248 g/mol. The van der Waals surface area contributed by atoms with Crippen LogP contribution in [0.5, 0.6) is 0 Å². The highest BCUT2D eigenvalue weighted by molar-refractivity contribution is 6.32. The molecule has 0 saturated carbocycles. The van der Waals surface area contributed by atoms with Crippen molar-refractivity contribution in [2.24, 2.45) is 0 Å². The average Bonchev–Trinajstić information content (AvgIpc) is 2.78. The third-order valence-corrected chi connectivity index (χ3v) is 2.56. The molecule has 1 aromatic heterocycles. The molecule has 1 N–H and O–H groups in total. The Morgan fingerprint density at radius 3 is 3.00 bits per heavy atom. The van der Waals surface area contributed by atoms with Gasteiger partial charge in [0.15, 0.2) is 0 Å². The monoisotopic (exact) mass is 247 g/mol. The first kappa shape index (κ1) is 11.6. The number of nitriles is 1. The smallest absolute Gasteiger partial charge is 0.252 e. The summed E-state index contributed by atoms with van der Waals surface area (Å²) in [5.41, 5.74) is 1.74. The Hall–Kier alpha value is -1.90. The van der Waals surface area contributed by atoms with Crippen molar-refractivity contribution in [1.29, 1.82) is 5.26 Å². The molecule has 1 aromatic carbocycles. The molecular formula is C11H10ClN5. The lowest BCUT2D eigenvalue weighted by Crippen LogP contribution is -2.10. The van der Waals surface area contributed by atoms with Crippen molar-refractivity contribution in [3.05, 3.63) is 40.9 Å². The number of benzene rings is 1. The first-order chi connectivity index (χ1) is 8.26. The largest absolute Gasteiger partial charge is 0.316 e. The van der Waals surface area contributed by atoms with Gasteiger partial charge in [0.05, 0.1) is 10.7 Å². The fourth-order valence-electron chi connectivity index (χ4n) is 1.57. The fourth-order valence-corrected chi connectivity index (χ4v) is 1.85. The van der Waals surface area contributed by atoms with Gasteiger partial charge in [-0.2, -0.15) is 5.26 Å². The molecule has 0 aliphatic heterocycles. The lowest BCUT2D eigenvalue weighted by Gasteiger charge is -2.10. The van der Waals surface area contributed by atoms with E-state index in [2.05, 4.69) is 15.4 Å². The van der Waals surface area contributed by atoms with Gasteiger partial charge in [0, 0.05) is 6.54 Å². The molecule has 0 saturated heterocycles. The molecule has 5 nitrogen and oxygen atoms in total. The molecule has 0 unspecified atom stereocenters. The van der Waals surface area contributed by atoms with Gasteiger partial charge in [-0.05, 0) is 18.7 Å². The minimum atomic E-state index is 0.125. The number of nitrogens with zero attached hydrogens (tertiary/aromatic N) is 4. The van der Waals surface area contributed by atoms with Crippen molar-refractivity contribution in [3.8, 4) is 11.8 Å². The molecule has 0 fully saturated rings. The van der Waals surface area contributed by atoms with Gasteiger partial charge >= 0.3 is 0 Å². The van der Waals surface area contributed by atoms with Gasteiger partial charge in [-0.15, -0.1) is 5.10 Å². The van der Waals surface area contributed by atoms with E-state index < -0.39 is 0 Å². The summed E-state index contributed by atoms with van der Waals surface area (Å²) in [5.74, 6) is 0.125. The van der Waals surface area contributed by atoms with Crippen LogP contribution in [0.1, 0.15) is 11.4 Å². The maximum Gasteiger partial charge on any atom is 0.252 e. The minimum absolute atomic E-state index is 0.125. The second-order valence-corrected chi connectivity index (χ2v) is 3.81. The lowest BCUT2D eigenvalue weighted by molar-refractivity contribution is 0.787. The van der Waals surface area contributed by atoms with E-state index in [1.807, 2.05) is 25.2 Å². The Kier molecular flexibility index (Phi) is 3.38. The third kappa shape index (κ3) is 2.28. The molecule has 1 heterocycles. The summed E-state index contributed by atoms with van der Waals surface area (Å²) >= 11 is 6.15. The standard InChI is InChI=1S/C11H10ClN5/c1-14-6-8-3-2-4-9(12)11(8)17-7-15-10(5-13)16-17/h2-4,7,14H,6H2,1H3. The second kappa shape index (κ2) is 4.95. The maximum atomic E-state index is 8.71. The number of hydrogen-bond donors (Lipinski definition) is 1. The van der Waals surface area contributed by atoms with Crippen LogP contribution >= 0.6 is 11.6 Å². The highest BCUT2D eigenvalue weighted by Crippen LogP contribution is 2.23. The van der Waals surface area contributed by atoms with Crippen LogP contribution in [0, 0.1) is 11.3 Å². The first-order valence-electron chi connectivity index (χ1n) is 5.00. The number of hydrogen-bond acceptors (Lipinski definition) is 4. The Labute approximate surface area is 104 Å². The molecule has 0 amide bonds. The van der Waals surface area contributed by atoms with E-state index in [-0.39, 0.29) is 5.82 Å². The van der Waals surface area contributed by atoms with Crippen LogP contribution in [0.2, 0.25) is 5.02 Å². The van der Waals surface area contributed by atoms with E-state index in [0.29, 0.717) is 11.6 Å². The maximum absolute atomic E-state index is 8.71. The van der Waals surface area contributed by atoms with Crippen molar-refractivity contribution in [2.45, 2.75) is 6.54 Å². The molecular weight excluding hydrogens is 238 g/mol. The Morgan fingerprint density at radius 2 is 2.35 bits per heavy atom. The van der Waals surface area contributed by atoms with Crippen LogP contribution in [0.15, 0.2) is 24.5 Å². The molecule has 2 aromatic rings. The highest BCUT2D eigenvalue weighted by atomic mass is 35.5. The Balaban J connectivity index is 2.53. The van der Waals surface area contributed by atoms with E-state index >= 15 is 0 Å². The lowest BCUT2D eigenvalue weighted by atomic mass is 10.2. The molecule has 0 radical (unpaired) electrons. The van der Waals surface area contributed by atoms with E-state index in [1.165, 1.54) is 11.0 Å². The van der Waals surface area contributed by atoms with Crippen molar-refractivity contribution in [2.75, 3.05) is 7.05 Å². The highest BCUT2D eigenvalue weighted by Gasteiger charge is 2.10. The van der Waals surface area contributed by atoms with Crippen LogP contribution < -0.4 is 5.32 Å². The normalized spacial score (nSPS) is 10.2. The topological polar surface area (TPSA) is 66.5 Å². The summed E-state index contributed by atoms with van der Waals surface area (Å²) in [6.45, 7) is 0.664. The van der Waals surface area contributed by atoms with Crippen molar-refractivity contribution in [1.82, 2.24) is 20.1 Å². The zero-order chi connectivity index (χ0) is 12.3. The number of rotatable bonds is 3. The van der Waals surface area contributed by atoms with Gasteiger partial charge in [0.2, 0.25) is 0 Å². The van der Waals surface area contributed by atoms with Crippen LogP contribution in [0.3, 0.4) is 0 Å². The van der Waals surface area contributed by atoms with Crippen LogP contribution in [0.25, 0.3) is 5.69 Å². The van der Waals surface area contributed by atoms with Gasteiger partial charge in [0.25, 0.3) is 5.82 Å². The summed E-state index contributed by atoms with van der Waals surface area (Å²) in [5, 5.41) is 16.4. The quantitative estimate of drug-likeness (QED) is 0.893.